The quantitative estimate of drug-likeness (QED) is 0.876. The summed E-state index contributed by atoms with van der Waals surface area (Å²) >= 11 is 4.68. The van der Waals surface area contributed by atoms with E-state index in [-0.39, 0.29) is 4.90 Å². The van der Waals surface area contributed by atoms with Crippen LogP contribution >= 0.6 is 27.3 Å². The number of sulfonamides is 1. The van der Waals surface area contributed by atoms with Crippen molar-refractivity contribution in [1.29, 1.82) is 5.26 Å². The second-order valence-corrected chi connectivity index (χ2v) is 9.74. The molecule has 1 aliphatic carbocycles. The number of aryl methyl sites for hydroxylation is 1. The molecule has 7 heteroatoms. The van der Waals surface area contributed by atoms with E-state index in [1.54, 1.807) is 13.0 Å². The van der Waals surface area contributed by atoms with Crippen LogP contribution in [0.25, 0.3) is 0 Å². The lowest BCUT2D eigenvalue weighted by Gasteiger charge is -2.33. The summed E-state index contributed by atoms with van der Waals surface area (Å²) in [5.74, 6) is 0.554. The molecule has 0 atom stereocenters. The minimum Gasteiger partial charge on any atom is -0.207 e. The van der Waals surface area contributed by atoms with Gasteiger partial charge in [0.15, 0.2) is 0 Å². The van der Waals surface area contributed by atoms with E-state index in [1.165, 1.54) is 11.3 Å². The molecule has 1 heterocycles. The van der Waals surface area contributed by atoms with Crippen LogP contribution in [0, 0.1) is 24.2 Å². The molecule has 0 unspecified atom stereocenters. The Labute approximate surface area is 132 Å². The lowest BCUT2D eigenvalue weighted by molar-refractivity contribution is 0.278. The predicted octanol–water partition coefficient (Wildman–Crippen LogP) is 3.57. The van der Waals surface area contributed by atoms with Gasteiger partial charge in [-0.3, -0.25) is 0 Å². The van der Waals surface area contributed by atoms with E-state index in [9.17, 15) is 13.7 Å². The largest absolute Gasteiger partial charge is 0.243 e. The fourth-order valence-electron chi connectivity index (χ4n) is 2.50. The highest BCUT2D eigenvalue weighted by atomic mass is 79.9. The molecule has 1 saturated carbocycles. The molecular weight excluding hydrogens is 360 g/mol. The van der Waals surface area contributed by atoms with Crippen molar-refractivity contribution in [2.45, 2.75) is 50.0 Å². The first kappa shape index (κ1) is 16.0. The number of hydrogen-bond donors (Lipinski definition) is 1. The van der Waals surface area contributed by atoms with E-state index in [1.807, 2.05) is 0 Å². The number of rotatable bonds is 3. The first-order valence-electron chi connectivity index (χ1n) is 6.49. The number of thiophene rings is 1. The van der Waals surface area contributed by atoms with Gasteiger partial charge in [-0.25, -0.2) is 8.42 Å². The molecule has 1 N–H and O–H groups in total. The third-order valence-corrected chi connectivity index (χ3v) is 7.15. The Kier molecular flexibility index (Phi) is 4.59. The highest BCUT2D eigenvalue weighted by Crippen LogP contribution is 2.35. The topological polar surface area (TPSA) is 70.0 Å². The Morgan fingerprint density at radius 2 is 2.10 bits per heavy atom. The molecule has 1 aromatic heterocycles. The Bertz CT molecular complexity index is 638. The molecule has 0 aliphatic heterocycles. The Balaban J connectivity index is 2.28. The summed E-state index contributed by atoms with van der Waals surface area (Å²) in [4.78, 5) is 0.990. The van der Waals surface area contributed by atoms with Crippen molar-refractivity contribution in [2.75, 3.05) is 0 Å². The molecule has 20 heavy (non-hydrogen) atoms. The van der Waals surface area contributed by atoms with Gasteiger partial charge in [0.1, 0.15) is 5.54 Å². The van der Waals surface area contributed by atoms with Crippen LogP contribution in [0.4, 0.5) is 0 Å². The van der Waals surface area contributed by atoms with Crippen molar-refractivity contribution in [1.82, 2.24) is 4.72 Å². The molecule has 0 aromatic carbocycles. The maximum atomic E-state index is 12.5. The van der Waals surface area contributed by atoms with Gasteiger partial charge in [-0.05, 0) is 60.5 Å². The first-order valence-corrected chi connectivity index (χ1v) is 9.58. The van der Waals surface area contributed by atoms with E-state index in [0.29, 0.717) is 18.8 Å². The standard InChI is InChI=1S/C13H17BrN2O2S2/c1-9-3-5-13(8-15,6-4-9)16-20(17,18)11-7-12(14)19-10(11)2/h7,9,16H,3-6H2,1-2H3. The summed E-state index contributed by atoms with van der Waals surface area (Å²) in [6, 6.07) is 3.79. The average Bonchev–Trinajstić information content (AvgIpc) is 2.72. The molecule has 0 bridgehead atoms. The summed E-state index contributed by atoms with van der Waals surface area (Å²) in [6.45, 7) is 3.90. The zero-order valence-electron chi connectivity index (χ0n) is 11.4. The van der Waals surface area contributed by atoms with E-state index in [2.05, 4.69) is 33.6 Å². The zero-order chi connectivity index (χ0) is 15.0. The van der Waals surface area contributed by atoms with Gasteiger partial charge in [0.25, 0.3) is 0 Å². The molecule has 1 aliphatic rings. The summed E-state index contributed by atoms with van der Waals surface area (Å²) < 4.78 is 28.4. The van der Waals surface area contributed by atoms with Gasteiger partial charge in [0.05, 0.1) is 14.8 Å². The first-order chi connectivity index (χ1) is 9.28. The average molecular weight is 377 g/mol. The predicted molar refractivity (Wildman–Crippen MR) is 83.1 cm³/mol. The zero-order valence-corrected chi connectivity index (χ0v) is 14.7. The number of hydrogen-bond acceptors (Lipinski definition) is 4. The van der Waals surface area contributed by atoms with E-state index >= 15 is 0 Å². The molecule has 0 radical (unpaired) electrons. The molecule has 1 aromatic rings. The SMILES string of the molecule is Cc1sc(Br)cc1S(=O)(=O)NC1(C#N)CCC(C)CC1. The highest BCUT2D eigenvalue weighted by Gasteiger charge is 2.39. The summed E-state index contributed by atoms with van der Waals surface area (Å²) in [5.41, 5.74) is -0.952. The maximum Gasteiger partial charge on any atom is 0.243 e. The van der Waals surface area contributed by atoms with Gasteiger partial charge < -0.3 is 0 Å². The number of halogens is 1. The van der Waals surface area contributed by atoms with Crippen LogP contribution < -0.4 is 4.72 Å². The van der Waals surface area contributed by atoms with Crippen LogP contribution in [0.3, 0.4) is 0 Å². The smallest absolute Gasteiger partial charge is 0.207 e. The van der Waals surface area contributed by atoms with Crippen LogP contribution in [0.2, 0.25) is 0 Å². The van der Waals surface area contributed by atoms with Crippen molar-refractivity contribution in [3.63, 3.8) is 0 Å². The fourth-order valence-corrected chi connectivity index (χ4v) is 6.29. The summed E-state index contributed by atoms with van der Waals surface area (Å²) in [6.07, 6.45) is 2.91. The van der Waals surface area contributed by atoms with Crippen molar-refractivity contribution in [2.24, 2.45) is 5.92 Å². The van der Waals surface area contributed by atoms with Crippen LogP contribution in [0.5, 0.6) is 0 Å². The van der Waals surface area contributed by atoms with Crippen LogP contribution in [0.1, 0.15) is 37.5 Å². The molecule has 110 valence electrons. The van der Waals surface area contributed by atoms with Crippen LogP contribution in [-0.4, -0.2) is 14.0 Å². The third kappa shape index (κ3) is 3.25. The molecule has 0 spiro atoms. The van der Waals surface area contributed by atoms with Gasteiger partial charge >= 0.3 is 0 Å². The van der Waals surface area contributed by atoms with Gasteiger partial charge in [0.2, 0.25) is 10.0 Å². The maximum absolute atomic E-state index is 12.5. The second-order valence-electron chi connectivity index (χ2n) is 5.45. The van der Waals surface area contributed by atoms with Crippen molar-refractivity contribution in [3.8, 4) is 6.07 Å². The molecule has 1 fully saturated rings. The molecule has 2 rings (SSSR count). The number of nitrogens with zero attached hydrogens (tertiary/aromatic N) is 1. The molecule has 0 saturated heterocycles. The number of nitriles is 1. The normalized spacial score (nSPS) is 27.2. The lowest BCUT2D eigenvalue weighted by atomic mass is 9.79. The van der Waals surface area contributed by atoms with Crippen molar-refractivity contribution in [3.05, 3.63) is 14.7 Å². The Morgan fingerprint density at radius 3 is 2.55 bits per heavy atom. The third-order valence-electron chi connectivity index (χ3n) is 3.80. The Hall–Kier alpha value is -0.420. The summed E-state index contributed by atoms with van der Waals surface area (Å²) in [5, 5.41) is 9.43. The second kappa shape index (κ2) is 5.76. The minimum atomic E-state index is -3.65. The highest BCUT2D eigenvalue weighted by molar-refractivity contribution is 9.11. The Morgan fingerprint density at radius 1 is 1.50 bits per heavy atom. The fraction of sp³-hybridized carbons (Fsp3) is 0.615. The monoisotopic (exact) mass is 376 g/mol. The van der Waals surface area contributed by atoms with Gasteiger partial charge in [-0.1, -0.05) is 6.92 Å². The van der Waals surface area contributed by atoms with E-state index < -0.39 is 15.6 Å². The van der Waals surface area contributed by atoms with E-state index in [4.69, 9.17) is 0 Å². The van der Waals surface area contributed by atoms with Crippen LogP contribution in [-0.2, 0) is 10.0 Å². The molecular formula is C13H17BrN2O2S2. The summed E-state index contributed by atoms with van der Waals surface area (Å²) in [7, 11) is -3.65. The van der Waals surface area contributed by atoms with Gasteiger partial charge in [-0.2, -0.15) is 9.98 Å². The van der Waals surface area contributed by atoms with Crippen molar-refractivity contribution >= 4 is 37.3 Å². The van der Waals surface area contributed by atoms with Crippen molar-refractivity contribution < 1.29 is 8.42 Å². The van der Waals surface area contributed by atoms with E-state index in [0.717, 1.165) is 21.5 Å². The minimum absolute atomic E-state index is 0.266. The van der Waals surface area contributed by atoms with Gasteiger partial charge in [-0.15, -0.1) is 11.3 Å². The van der Waals surface area contributed by atoms with Crippen LogP contribution in [0.15, 0.2) is 14.7 Å². The van der Waals surface area contributed by atoms with Gasteiger partial charge in [0, 0.05) is 4.88 Å². The molecule has 4 nitrogen and oxygen atoms in total. The number of nitrogens with one attached hydrogen (secondary N) is 1. The lowest BCUT2D eigenvalue weighted by Crippen LogP contribution is -2.49. The molecule has 0 amide bonds.